The van der Waals surface area contributed by atoms with Gasteiger partial charge in [0.1, 0.15) is 0 Å². The second-order valence-corrected chi connectivity index (χ2v) is 2.16. The van der Waals surface area contributed by atoms with E-state index < -0.39 is 0 Å². The normalized spacial score (nSPS) is 14.7. The fourth-order valence-corrected chi connectivity index (χ4v) is 1.12. The fourth-order valence-electron chi connectivity index (χ4n) is 1.12. The van der Waals surface area contributed by atoms with Crippen LogP contribution in [0.3, 0.4) is 0 Å². The molecule has 0 N–H and O–H groups in total. The molecular formula is C9H7. The zero-order valence-corrected chi connectivity index (χ0v) is 5.09. The molecule has 1 radical (unpaired) electrons. The molecule has 0 bridgehead atoms. The number of rotatable bonds is 1. The Hall–Kier alpha value is -1.04. The Morgan fingerprint density at radius 2 is 1.67 bits per heavy atom. The van der Waals surface area contributed by atoms with Crippen LogP contribution in [0.1, 0.15) is 11.1 Å². The summed E-state index contributed by atoms with van der Waals surface area (Å²) < 4.78 is 0. The maximum Gasteiger partial charge on any atom is 0.0557 e. The summed E-state index contributed by atoms with van der Waals surface area (Å²) in [5, 5.41) is 0. The first-order chi connectivity index (χ1) is 4.43. The predicted molar refractivity (Wildman–Crippen MR) is 38.1 cm³/mol. The molecule has 0 heteroatoms. The Morgan fingerprint density at radius 3 is 2.11 bits per heavy atom. The maximum atomic E-state index is 3.70. The van der Waals surface area contributed by atoms with E-state index in [1.165, 1.54) is 17.0 Å². The van der Waals surface area contributed by atoms with Gasteiger partial charge < -0.3 is 0 Å². The Kier molecular flexibility index (Phi) is 0.786. The third-order valence-corrected chi connectivity index (χ3v) is 1.65. The van der Waals surface area contributed by atoms with Crippen LogP contribution in [0.4, 0.5) is 0 Å². The van der Waals surface area contributed by atoms with Crippen molar-refractivity contribution in [3.05, 3.63) is 54.0 Å². The number of allylic oxidation sites excluding steroid dienone is 1. The van der Waals surface area contributed by atoms with Gasteiger partial charge >= 0.3 is 0 Å². The quantitative estimate of drug-likeness (QED) is 0.526. The molecule has 0 amide bonds. The molecule has 1 aliphatic carbocycles. The first kappa shape index (κ1) is 4.80. The fraction of sp³-hybridized carbons (Fsp3) is 0. The van der Waals surface area contributed by atoms with Crippen LogP contribution in [-0.4, -0.2) is 0 Å². The highest BCUT2D eigenvalue weighted by Gasteiger charge is 2.28. The lowest BCUT2D eigenvalue weighted by Gasteiger charge is -1.70. The molecule has 2 rings (SSSR count). The molecule has 0 nitrogen and oxygen atoms in total. The molecule has 0 saturated heterocycles. The van der Waals surface area contributed by atoms with Gasteiger partial charge in [0, 0.05) is 0 Å². The van der Waals surface area contributed by atoms with Gasteiger partial charge in [0.2, 0.25) is 0 Å². The van der Waals surface area contributed by atoms with Crippen molar-refractivity contribution in [1.82, 2.24) is 0 Å². The highest BCUT2D eigenvalue weighted by Crippen LogP contribution is 2.42. The second kappa shape index (κ2) is 1.47. The molecule has 0 aliphatic heterocycles. The molecule has 43 valence electrons. The lowest BCUT2D eigenvalue weighted by molar-refractivity contribution is 1.68. The van der Waals surface area contributed by atoms with Crippen molar-refractivity contribution in [3.8, 4) is 0 Å². The summed E-state index contributed by atoms with van der Waals surface area (Å²) in [6.45, 7) is 3.70. The van der Waals surface area contributed by atoms with E-state index in [2.05, 4.69) is 30.8 Å². The number of hydrogen-bond donors (Lipinski definition) is 0. The largest absolute Gasteiger partial charge is 0.102 e. The summed E-state index contributed by atoms with van der Waals surface area (Å²) >= 11 is 0. The molecule has 1 aromatic carbocycles. The standard InChI is InChI=1S/C9H7/c1-2-7-8-5-3-4-6-9(7)8/h2-6H,1H2. The zero-order chi connectivity index (χ0) is 6.27. The third-order valence-electron chi connectivity index (χ3n) is 1.65. The van der Waals surface area contributed by atoms with Crippen molar-refractivity contribution < 1.29 is 0 Å². The molecule has 0 atom stereocenters. The maximum absolute atomic E-state index is 3.70. The molecule has 0 aromatic heterocycles. The average Bonchev–Trinajstić information content (AvgIpc) is 2.60. The molecule has 1 aromatic rings. The highest BCUT2D eigenvalue weighted by molar-refractivity contribution is 5.70. The Morgan fingerprint density at radius 1 is 1.11 bits per heavy atom. The van der Waals surface area contributed by atoms with Crippen molar-refractivity contribution >= 4 is 0 Å². The van der Waals surface area contributed by atoms with Crippen LogP contribution in [0.5, 0.6) is 0 Å². The van der Waals surface area contributed by atoms with Crippen LogP contribution in [0.25, 0.3) is 0 Å². The minimum atomic E-state index is 1.32. The van der Waals surface area contributed by atoms with Gasteiger partial charge in [0.15, 0.2) is 0 Å². The third kappa shape index (κ3) is 0.531. The van der Waals surface area contributed by atoms with Gasteiger partial charge in [0.25, 0.3) is 0 Å². The van der Waals surface area contributed by atoms with E-state index >= 15 is 0 Å². The van der Waals surface area contributed by atoms with E-state index in [4.69, 9.17) is 0 Å². The molecular weight excluding hydrogens is 108 g/mol. The van der Waals surface area contributed by atoms with E-state index in [0.717, 1.165) is 0 Å². The van der Waals surface area contributed by atoms with Crippen molar-refractivity contribution in [1.29, 1.82) is 0 Å². The molecule has 0 fully saturated rings. The minimum absolute atomic E-state index is 1.32. The van der Waals surface area contributed by atoms with Crippen molar-refractivity contribution in [2.75, 3.05) is 0 Å². The number of fused-ring (bicyclic) bond motifs is 1. The zero-order valence-electron chi connectivity index (χ0n) is 5.09. The average molecular weight is 115 g/mol. The van der Waals surface area contributed by atoms with Crippen LogP contribution in [0, 0.1) is 5.92 Å². The van der Waals surface area contributed by atoms with Crippen LogP contribution in [0.15, 0.2) is 36.9 Å². The molecule has 0 saturated carbocycles. The SMILES string of the molecule is C=C[C]1c2ccccc21. The van der Waals surface area contributed by atoms with Gasteiger partial charge in [-0.15, -0.1) is 6.58 Å². The van der Waals surface area contributed by atoms with Crippen LogP contribution >= 0.6 is 0 Å². The summed E-state index contributed by atoms with van der Waals surface area (Å²) in [6.07, 6.45) is 1.91. The summed E-state index contributed by atoms with van der Waals surface area (Å²) in [5.41, 5.74) is 2.74. The lowest BCUT2D eigenvalue weighted by Crippen LogP contribution is -1.58. The lowest BCUT2D eigenvalue weighted by atomic mass is 10.3. The van der Waals surface area contributed by atoms with Crippen molar-refractivity contribution in [2.45, 2.75) is 0 Å². The monoisotopic (exact) mass is 115 g/mol. The summed E-state index contributed by atoms with van der Waals surface area (Å²) in [5.74, 6) is 1.32. The first-order valence-electron chi connectivity index (χ1n) is 3.02. The van der Waals surface area contributed by atoms with Crippen molar-refractivity contribution in [2.24, 2.45) is 0 Å². The summed E-state index contributed by atoms with van der Waals surface area (Å²) in [4.78, 5) is 0. The van der Waals surface area contributed by atoms with E-state index in [9.17, 15) is 0 Å². The van der Waals surface area contributed by atoms with Gasteiger partial charge in [-0.2, -0.15) is 0 Å². The van der Waals surface area contributed by atoms with Crippen LogP contribution in [0.2, 0.25) is 0 Å². The van der Waals surface area contributed by atoms with Gasteiger partial charge in [-0.1, -0.05) is 30.3 Å². The molecule has 0 unspecified atom stereocenters. The molecule has 0 spiro atoms. The van der Waals surface area contributed by atoms with E-state index in [0.29, 0.717) is 0 Å². The number of benzene rings is 1. The summed E-state index contributed by atoms with van der Waals surface area (Å²) in [6, 6.07) is 8.34. The molecule has 1 aliphatic rings. The van der Waals surface area contributed by atoms with Crippen molar-refractivity contribution in [3.63, 3.8) is 0 Å². The molecule has 9 heavy (non-hydrogen) atoms. The Bertz CT molecular complexity index is 225. The van der Waals surface area contributed by atoms with Gasteiger partial charge in [0.05, 0.1) is 5.92 Å². The second-order valence-electron chi connectivity index (χ2n) is 2.16. The minimum Gasteiger partial charge on any atom is -0.102 e. The van der Waals surface area contributed by atoms with E-state index in [-0.39, 0.29) is 0 Å². The van der Waals surface area contributed by atoms with E-state index in [1.54, 1.807) is 0 Å². The van der Waals surface area contributed by atoms with Gasteiger partial charge in [-0.3, -0.25) is 0 Å². The van der Waals surface area contributed by atoms with Gasteiger partial charge in [-0.05, 0) is 11.1 Å². The Labute approximate surface area is 54.8 Å². The Balaban J connectivity index is 2.46. The summed E-state index contributed by atoms with van der Waals surface area (Å²) in [7, 11) is 0. The van der Waals surface area contributed by atoms with Crippen LogP contribution < -0.4 is 0 Å². The molecule has 0 heterocycles. The smallest absolute Gasteiger partial charge is 0.0557 e. The number of hydrogen-bond acceptors (Lipinski definition) is 0. The van der Waals surface area contributed by atoms with Crippen LogP contribution in [-0.2, 0) is 0 Å². The van der Waals surface area contributed by atoms with Gasteiger partial charge in [-0.25, -0.2) is 0 Å². The highest BCUT2D eigenvalue weighted by atomic mass is 14.3. The topological polar surface area (TPSA) is 0 Å². The predicted octanol–water partition coefficient (Wildman–Crippen LogP) is 2.16. The van der Waals surface area contributed by atoms with E-state index in [1.807, 2.05) is 6.08 Å². The first-order valence-corrected chi connectivity index (χ1v) is 3.02.